The lowest BCUT2D eigenvalue weighted by Gasteiger charge is -2.00. The summed E-state index contributed by atoms with van der Waals surface area (Å²) in [6.45, 7) is 2.13. The van der Waals surface area contributed by atoms with Crippen molar-refractivity contribution in [1.82, 2.24) is 0 Å². The van der Waals surface area contributed by atoms with Crippen LogP contribution in [0.1, 0.15) is 30.0 Å². The third-order valence-electron chi connectivity index (χ3n) is 3.13. The second kappa shape index (κ2) is 7.08. The number of hydrogen-bond acceptors (Lipinski definition) is 2. The van der Waals surface area contributed by atoms with Gasteiger partial charge in [0.25, 0.3) is 0 Å². The number of rotatable bonds is 3. The molecule has 4 heteroatoms. The van der Waals surface area contributed by atoms with Gasteiger partial charge >= 0.3 is 7.12 Å². The van der Waals surface area contributed by atoms with Gasteiger partial charge in [-0.1, -0.05) is 43.4 Å². The lowest BCUT2D eigenvalue weighted by Crippen LogP contribution is -2.30. The minimum absolute atomic E-state index is 0.113. The second-order valence-corrected chi connectivity index (χ2v) is 4.81. The van der Waals surface area contributed by atoms with Gasteiger partial charge in [-0.05, 0) is 41.7 Å². The first-order chi connectivity index (χ1) is 10.1. The summed E-state index contributed by atoms with van der Waals surface area (Å²) < 4.78 is 13.8. The number of halogens is 1. The fraction of sp³-hybridized carbons (Fsp3) is 0.176. The minimum atomic E-state index is -1.67. The lowest BCUT2D eigenvalue weighted by atomic mass is 9.80. The zero-order chi connectivity index (χ0) is 15.2. The van der Waals surface area contributed by atoms with Crippen molar-refractivity contribution in [3.63, 3.8) is 0 Å². The molecule has 2 N–H and O–H groups in total. The molecule has 0 aliphatic rings. The van der Waals surface area contributed by atoms with Crippen LogP contribution in [0.2, 0.25) is 0 Å². The van der Waals surface area contributed by atoms with E-state index in [4.69, 9.17) is 10.0 Å². The van der Waals surface area contributed by atoms with Crippen molar-refractivity contribution in [3.05, 3.63) is 65.0 Å². The van der Waals surface area contributed by atoms with E-state index in [1.54, 1.807) is 0 Å². The molecule has 0 spiro atoms. The fourth-order valence-corrected chi connectivity index (χ4v) is 1.98. The maximum Gasteiger partial charge on any atom is 0.488 e. The van der Waals surface area contributed by atoms with E-state index in [0.717, 1.165) is 24.5 Å². The van der Waals surface area contributed by atoms with Crippen molar-refractivity contribution >= 4 is 12.6 Å². The monoisotopic (exact) mass is 282 g/mol. The third-order valence-corrected chi connectivity index (χ3v) is 3.13. The summed E-state index contributed by atoms with van der Waals surface area (Å²) in [6.07, 6.45) is 2.13. The molecular weight excluding hydrogens is 266 g/mol. The first kappa shape index (κ1) is 15.3. The minimum Gasteiger partial charge on any atom is -0.423 e. The molecule has 0 heterocycles. The van der Waals surface area contributed by atoms with Crippen LogP contribution in [0.25, 0.3) is 0 Å². The van der Waals surface area contributed by atoms with Gasteiger partial charge in [-0.15, -0.1) is 0 Å². The topological polar surface area (TPSA) is 40.5 Å². The molecule has 2 aromatic carbocycles. The molecule has 0 aliphatic carbocycles. The molecule has 2 rings (SSSR count). The fourth-order valence-electron chi connectivity index (χ4n) is 1.98. The molecule has 0 saturated carbocycles. The van der Waals surface area contributed by atoms with Crippen LogP contribution >= 0.6 is 0 Å². The molecule has 21 heavy (non-hydrogen) atoms. The molecule has 0 radical (unpaired) electrons. The van der Waals surface area contributed by atoms with Crippen molar-refractivity contribution in [3.8, 4) is 11.8 Å². The van der Waals surface area contributed by atoms with Gasteiger partial charge in [-0.25, -0.2) is 4.39 Å². The van der Waals surface area contributed by atoms with Crippen LogP contribution in [0.15, 0.2) is 42.5 Å². The van der Waals surface area contributed by atoms with Gasteiger partial charge in [0.2, 0.25) is 0 Å². The molecule has 0 atom stereocenters. The van der Waals surface area contributed by atoms with Crippen LogP contribution in [0.5, 0.6) is 0 Å². The Bertz CT molecular complexity index is 669. The van der Waals surface area contributed by atoms with Gasteiger partial charge < -0.3 is 10.0 Å². The van der Waals surface area contributed by atoms with Gasteiger partial charge in [-0.3, -0.25) is 0 Å². The Morgan fingerprint density at radius 1 is 1.05 bits per heavy atom. The van der Waals surface area contributed by atoms with Gasteiger partial charge in [0.15, 0.2) is 0 Å². The smallest absolute Gasteiger partial charge is 0.423 e. The SMILES string of the molecule is CCCc1ccc(C#Cc2ccc(B(O)O)cc2F)cc1. The van der Waals surface area contributed by atoms with E-state index in [2.05, 4.69) is 18.8 Å². The average Bonchev–Trinajstić information content (AvgIpc) is 2.47. The maximum absolute atomic E-state index is 13.8. The quantitative estimate of drug-likeness (QED) is 0.666. The maximum atomic E-state index is 13.8. The molecule has 106 valence electrons. The van der Waals surface area contributed by atoms with E-state index in [-0.39, 0.29) is 11.0 Å². The Morgan fingerprint density at radius 3 is 2.33 bits per heavy atom. The number of benzene rings is 2. The second-order valence-electron chi connectivity index (χ2n) is 4.81. The molecule has 0 aromatic heterocycles. The molecule has 0 amide bonds. The van der Waals surface area contributed by atoms with Crippen LogP contribution in [0.3, 0.4) is 0 Å². The Balaban J connectivity index is 2.18. The molecule has 0 fully saturated rings. The first-order valence-corrected chi connectivity index (χ1v) is 6.86. The molecule has 2 aromatic rings. The number of hydrogen-bond donors (Lipinski definition) is 2. The van der Waals surface area contributed by atoms with E-state index in [1.807, 2.05) is 24.3 Å². The zero-order valence-corrected chi connectivity index (χ0v) is 11.8. The average molecular weight is 282 g/mol. The van der Waals surface area contributed by atoms with Crippen molar-refractivity contribution in [2.75, 3.05) is 0 Å². The van der Waals surface area contributed by atoms with E-state index in [1.165, 1.54) is 17.7 Å². The van der Waals surface area contributed by atoms with Crippen molar-refractivity contribution in [2.45, 2.75) is 19.8 Å². The number of aryl methyl sites for hydroxylation is 1. The predicted octanol–water partition coefficient (Wildman–Crippen LogP) is 1.86. The van der Waals surface area contributed by atoms with Gasteiger partial charge in [0.1, 0.15) is 5.82 Å². The Morgan fingerprint density at radius 2 is 1.76 bits per heavy atom. The highest BCUT2D eigenvalue weighted by atomic mass is 19.1. The summed E-state index contributed by atoms with van der Waals surface area (Å²) >= 11 is 0. The Labute approximate surface area is 124 Å². The standard InChI is InChI=1S/C17H16BFO2/c1-2-3-13-4-6-14(7-5-13)8-9-15-10-11-16(18(20)21)12-17(15)19/h4-7,10-12,20-21H,2-3H2,1H3. The molecule has 0 saturated heterocycles. The predicted molar refractivity (Wildman–Crippen MR) is 82.6 cm³/mol. The van der Waals surface area contributed by atoms with Crippen LogP contribution in [-0.4, -0.2) is 17.2 Å². The molecular formula is C17H16BFO2. The first-order valence-electron chi connectivity index (χ1n) is 6.86. The molecule has 2 nitrogen and oxygen atoms in total. The van der Waals surface area contributed by atoms with E-state index in [9.17, 15) is 4.39 Å². The van der Waals surface area contributed by atoms with Crippen LogP contribution in [0, 0.1) is 17.7 Å². The Kier molecular flexibility index (Phi) is 5.16. The van der Waals surface area contributed by atoms with Gasteiger partial charge in [0, 0.05) is 5.56 Å². The summed E-state index contributed by atoms with van der Waals surface area (Å²) in [5.41, 5.74) is 2.43. The van der Waals surface area contributed by atoms with Crippen LogP contribution in [0.4, 0.5) is 4.39 Å². The van der Waals surface area contributed by atoms with Crippen molar-refractivity contribution < 1.29 is 14.4 Å². The normalized spacial score (nSPS) is 9.90. The highest BCUT2D eigenvalue weighted by Crippen LogP contribution is 2.07. The van der Waals surface area contributed by atoms with Crippen molar-refractivity contribution in [2.24, 2.45) is 0 Å². The summed E-state index contributed by atoms with van der Waals surface area (Å²) in [5, 5.41) is 17.9. The van der Waals surface area contributed by atoms with Gasteiger partial charge in [-0.2, -0.15) is 0 Å². The van der Waals surface area contributed by atoms with Crippen LogP contribution in [-0.2, 0) is 6.42 Å². The summed E-state index contributed by atoms with van der Waals surface area (Å²) in [6, 6.07) is 11.9. The lowest BCUT2D eigenvalue weighted by molar-refractivity contribution is 0.425. The highest BCUT2D eigenvalue weighted by molar-refractivity contribution is 6.58. The summed E-state index contributed by atoms with van der Waals surface area (Å²) in [5.74, 6) is 5.10. The molecule has 0 aliphatic heterocycles. The van der Waals surface area contributed by atoms with Crippen LogP contribution < -0.4 is 5.46 Å². The highest BCUT2D eigenvalue weighted by Gasteiger charge is 2.12. The molecule has 0 unspecified atom stereocenters. The van der Waals surface area contributed by atoms with E-state index >= 15 is 0 Å². The third kappa shape index (κ3) is 4.19. The molecule has 0 bridgehead atoms. The Hall–Kier alpha value is -2.09. The van der Waals surface area contributed by atoms with Gasteiger partial charge in [0.05, 0.1) is 5.56 Å². The largest absolute Gasteiger partial charge is 0.488 e. The van der Waals surface area contributed by atoms with E-state index in [0.29, 0.717) is 0 Å². The summed E-state index contributed by atoms with van der Waals surface area (Å²) in [7, 11) is -1.67. The summed E-state index contributed by atoms with van der Waals surface area (Å²) in [4.78, 5) is 0. The van der Waals surface area contributed by atoms with E-state index < -0.39 is 12.9 Å². The van der Waals surface area contributed by atoms with Crippen molar-refractivity contribution in [1.29, 1.82) is 0 Å². The zero-order valence-electron chi connectivity index (χ0n) is 11.8.